The van der Waals surface area contributed by atoms with Gasteiger partial charge in [0.05, 0.1) is 37.5 Å². The lowest BCUT2D eigenvalue weighted by Crippen LogP contribution is -2.36. The van der Waals surface area contributed by atoms with E-state index < -0.39 is 0 Å². The molecule has 4 rings (SSSR count). The number of nitrogens with zero attached hydrogens (tertiary/aromatic N) is 5. The Balaban J connectivity index is 1.58. The fourth-order valence-corrected chi connectivity index (χ4v) is 3.41. The molecule has 1 aliphatic rings. The summed E-state index contributed by atoms with van der Waals surface area (Å²) in [5.74, 6) is 0.804. The van der Waals surface area contributed by atoms with Crippen molar-refractivity contribution in [3.8, 4) is 11.3 Å². The van der Waals surface area contributed by atoms with Crippen molar-refractivity contribution >= 4 is 17.4 Å². The maximum absolute atomic E-state index is 12.7. The van der Waals surface area contributed by atoms with Crippen LogP contribution in [0.3, 0.4) is 0 Å². The van der Waals surface area contributed by atoms with E-state index in [9.17, 15) is 4.79 Å². The Kier molecular flexibility index (Phi) is 6.18. The normalized spacial score (nSPS) is 14.0. The number of amides is 1. The molecular weight excluding hydrogens is 392 g/mol. The molecule has 0 saturated carbocycles. The van der Waals surface area contributed by atoms with Gasteiger partial charge in [-0.15, -0.1) is 5.10 Å². The molecule has 0 aliphatic carbocycles. The first-order chi connectivity index (χ1) is 15.0. The molecule has 0 spiro atoms. The van der Waals surface area contributed by atoms with E-state index in [4.69, 9.17) is 9.72 Å². The van der Waals surface area contributed by atoms with Gasteiger partial charge in [0.25, 0.3) is 5.91 Å². The number of hydrogen-bond acceptors (Lipinski definition) is 7. The van der Waals surface area contributed by atoms with Crippen molar-refractivity contribution in [3.05, 3.63) is 59.7 Å². The van der Waals surface area contributed by atoms with E-state index in [1.54, 1.807) is 24.7 Å². The summed E-state index contributed by atoms with van der Waals surface area (Å²) in [6.45, 7) is 9.09. The van der Waals surface area contributed by atoms with E-state index in [1.807, 2.05) is 25.1 Å². The zero-order valence-corrected chi connectivity index (χ0v) is 18.0. The topological polar surface area (TPSA) is 93.1 Å². The van der Waals surface area contributed by atoms with E-state index in [-0.39, 0.29) is 11.8 Å². The first-order valence-electron chi connectivity index (χ1n) is 10.4. The fraction of sp³-hybridized carbons (Fsp3) is 0.348. The Hall–Kier alpha value is -3.39. The minimum absolute atomic E-state index is 0.269. The Labute approximate surface area is 181 Å². The number of hydrogen-bond donors (Lipinski definition) is 1. The van der Waals surface area contributed by atoms with Crippen LogP contribution in [-0.4, -0.2) is 52.4 Å². The van der Waals surface area contributed by atoms with Crippen LogP contribution in [0, 0.1) is 6.92 Å². The summed E-state index contributed by atoms with van der Waals surface area (Å²) in [7, 11) is 0. The summed E-state index contributed by atoms with van der Waals surface area (Å²) in [6.07, 6.45) is 5.21. The van der Waals surface area contributed by atoms with Crippen LogP contribution in [0.1, 0.15) is 41.4 Å². The van der Waals surface area contributed by atoms with Crippen molar-refractivity contribution in [2.24, 2.45) is 0 Å². The lowest BCUT2D eigenvalue weighted by molar-refractivity contribution is 0.102. The minimum atomic E-state index is -0.294. The van der Waals surface area contributed by atoms with Crippen molar-refractivity contribution in [2.45, 2.75) is 26.7 Å². The second-order valence-electron chi connectivity index (χ2n) is 7.87. The third-order valence-corrected chi connectivity index (χ3v) is 5.30. The van der Waals surface area contributed by atoms with Crippen LogP contribution in [0.15, 0.2) is 42.9 Å². The highest BCUT2D eigenvalue weighted by atomic mass is 16.5. The van der Waals surface area contributed by atoms with Gasteiger partial charge in [0.1, 0.15) is 5.82 Å². The summed E-state index contributed by atoms with van der Waals surface area (Å²) in [4.78, 5) is 24.1. The van der Waals surface area contributed by atoms with Crippen LogP contribution in [0.2, 0.25) is 0 Å². The molecule has 0 radical (unpaired) electrons. The first-order valence-corrected chi connectivity index (χ1v) is 10.4. The molecule has 1 amide bonds. The van der Waals surface area contributed by atoms with Gasteiger partial charge in [-0.2, -0.15) is 5.10 Å². The predicted octanol–water partition coefficient (Wildman–Crippen LogP) is 3.45. The average Bonchev–Trinajstić information content (AvgIpc) is 2.81. The molecule has 8 nitrogen and oxygen atoms in total. The van der Waals surface area contributed by atoms with Crippen LogP contribution in [0.5, 0.6) is 0 Å². The van der Waals surface area contributed by atoms with Crippen LogP contribution in [0.25, 0.3) is 11.3 Å². The van der Waals surface area contributed by atoms with Crippen LogP contribution in [0.4, 0.5) is 11.5 Å². The molecule has 8 heteroatoms. The second-order valence-corrected chi connectivity index (χ2v) is 7.87. The summed E-state index contributed by atoms with van der Waals surface area (Å²) in [5.41, 5.74) is 4.66. The van der Waals surface area contributed by atoms with E-state index in [0.29, 0.717) is 24.6 Å². The van der Waals surface area contributed by atoms with E-state index in [2.05, 4.69) is 39.2 Å². The second kappa shape index (κ2) is 9.18. The quantitative estimate of drug-likeness (QED) is 0.678. The largest absolute Gasteiger partial charge is 0.378 e. The Bertz CT molecular complexity index is 1080. The van der Waals surface area contributed by atoms with Crippen molar-refractivity contribution in [3.63, 3.8) is 0 Å². The number of carbonyl (C=O) groups excluding carboxylic acids is 1. The highest BCUT2D eigenvalue weighted by molar-refractivity contribution is 6.03. The highest BCUT2D eigenvalue weighted by Gasteiger charge is 2.16. The molecule has 1 fully saturated rings. The van der Waals surface area contributed by atoms with Gasteiger partial charge in [-0.3, -0.25) is 9.78 Å². The van der Waals surface area contributed by atoms with E-state index in [1.165, 1.54) is 0 Å². The third kappa shape index (κ3) is 4.86. The number of morpholine rings is 1. The molecule has 1 saturated heterocycles. The molecule has 0 unspecified atom stereocenters. The van der Waals surface area contributed by atoms with Gasteiger partial charge >= 0.3 is 0 Å². The maximum Gasteiger partial charge on any atom is 0.276 e. The molecule has 0 bridgehead atoms. The zero-order valence-electron chi connectivity index (χ0n) is 18.0. The van der Waals surface area contributed by atoms with Crippen molar-refractivity contribution in [2.75, 3.05) is 36.5 Å². The maximum atomic E-state index is 12.7. The third-order valence-electron chi connectivity index (χ3n) is 5.30. The number of benzene rings is 1. The number of carbonyl (C=O) groups is 1. The van der Waals surface area contributed by atoms with E-state index >= 15 is 0 Å². The molecule has 0 atom stereocenters. The lowest BCUT2D eigenvalue weighted by atomic mass is 10.0. The van der Waals surface area contributed by atoms with Gasteiger partial charge in [0.15, 0.2) is 5.69 Å². The van der Waals surface area contributed by atoms with Crippen molar-refractivity contribution in [1.82, 2.24) is 20.2 Å². The number of aryl methyl sites for hydroxylation is 1. The number of nitrogens with one attached hydrogen (secondary N) is 1. The standard InChI is InChI=1S/C23H26N6O2/c1-15(2)17-10-20(28-25-12-17)23(30)26-18-5-4-16(3)19(11-18)21-13-24-14-22(27-21)29-6-8-31-9-7-29/h4-5,10-15H,6-9H2,1-3H3,(H,26,30). The summed E-state index contributed by atoms with van der Waals surface area (Å²) < 4.78 is 5.43. The Morgan fingerprint density at radius 2 is 1.94 bits per heavy atom. The predicted molar refractivity (Wildman–Crippen MR) is 119 cm³/mol. The lowest BCUT2D eigenvalue weighted by Gasteiger charge is -2.27. The molecule has 31 heavy (non-hydrogen) atoms. The molecular formula is C23H26N6O2. The van der Waals surface area contributed by atoms with Crippen molar-refractivity contribution < 1.29 is 9.53 Å². The SMILES string of the molecule is Cc1ccc(NC(=O)c2cc(C(C)C)cnn2)cc1-c1cncc(N2CCOCC2)n1. The highest BCUT2D eigenvalue weighted by Crippen LogP contribution is 2.27. The van der Waals surface area contributed by atoms with Crippen LogP contribution in [-0.2, 0) is 4.74 Å². The summed E-state index contributed by atoms with van der Waals surface area (Å²) in [5, 5.41) is 10.9. The summed E-state index contributed by atoms with van der Waals surface area (Å²) >= 11 is 0. The molecule has 3 heterocycles. The van der Waals surface area contributed by atoms with Gasteiger partial charge < -0.3 is 15.0 Å². The number of ether oxygens (including phenoxy) is 1. The summed E-state index contributed by atoms with van der Waals surface area (Å²) in [6, 6.07) is 7.53. The number of aromatic nitrogens is 4. The molecule has 2 aromatic heterocycles. The van der Waals surface area contributed by atoms with Crippen LogP contribution < -0.4 is 10.2 Å². The van der Waals surface area contributed by atoms with Gasteiger partial charge in [0, 0.05) is 24.3 Å². The smallest absolute Gasteiger partial charge is 0.276 e. The Morgan fingerprint density at radius 1 is 1.13 bits per heavy atom. The fourth-order valence-electron chi connectivity index (χ4n) is 3.41. The molecule has 1 N–H and O–H groups in total. The zero-order chi connectivity index (χ0) is 21.8. The molecule has 1 aliphatic heterocycles. The van der Waals surface area contributed by atoms with Crippen molar-refractivity contribution in [1.29, 1.82) is 0 Å². The Morgan fingerprint density at radius 3 is 2.71 bits per heavy atom. The molecule has 160 valence electrons. The van der Waals surface area contributed by atoms with Gasteiger partial charge in [-0.1, -0.05) is 19.9 Å². The van der Waals surface area contributed by atoms with Gasteiger partial charge in [0.2, 0.25) is 0 Å². The van der Waals surface area contributed by atoms with Gasteiger partial charge in [-0.25, -0.2) is 4.98 Å². The molecule has 3 aromatic rings. The monoisotopic (exact) mass is 418 g/mol. The number of rotatable bonds is 5. The van der Waals surface area contributed by atoms with E-state index in [0.717, 1.165) is 41.3 Å². The van der Waals surface area contributed by atoms with Gasteiger partial charge in [-0.05, 0) is 42.2 Å². The molecule has 1 aromatic carbocycles. The number of anilines is 2. The first kappa shape index (κ1) is 20.9. The average molecular weight is 419 g/mol. The van der Waals surface area contributed by atoms with Crippen LogP contribution >= 0.6 is 0 Å². The minimum Gasteiger partial charge on any atom is -0.378 e.